The van der Waals surface area contributed by atoms with Gasteiger partial charge in [-0.15, -0.1) is 0 Å². The molecule has 0 unspecified atom stereocenters. The van der Waals surface area contributed by atoms with Gasteiger partial charge in [0.2, 0.25) is 0 Å². The van der Waals surface area contributed by atoms with Crippen LogP contribution in [0.4, 0.5) is 0 Å². The maximum atomic E-state index is 13.3. The molecule has 164 valence electrons. The molecule has 4 aromatic rings. The lowest BCUT2D eigenvalue weighted by molar-refractivity contribution is 0.0655. The van der Waals surface area contributed by atoms with Crippen molar-refractivity contribution in [2.24, 2.45) is 0 Å². The van der Waals surface area contributed by atoms with Gasteiger partial charge in [0, 0.05) is 18.5 Å². The van der Waals surface area contributed by atoms with Crippen molar-refractivity contribution in [2.75, 3.05) is 12.3 Å². The second-order valence-corrected chi connectivity index (χ2v) is 8.82. The summed E-state index contributed by atoms with van der Waals surface area (Å²) in [5, 5.41) is 1.05. The highest BCUT2D eigenvalue weighted by Gasteiger charge is 2.34. The maximum absolute atomic E-state index is 13.3. The summed E-state index contributed by atoms with van der Waals surface area (Å²) < 4.78 is 1.53. The van der Waals surface area contributed by atoms with Crippen molar-refractivity contribution < 1.29 is 9.59 Å². The van der Waals surface area contributed by atoms with Crippen molar-refractivity contribution in [2.45, 2.75) is 18.5 Å². The number of amides is 2. The standard InChI is InChI=1S/C25H20N4O3S/c1-16-11-12-26-21(15-16)29-24(32)19-9-4-5-10-20(19)27-25(29)33-14-6-13-28-22(30)17-7-2-3-8-18(17)23(28)31/h2-5,7-12,15H,6,13-14H2,1H3. The zero-order valence-corrected chi connectivity index (χ0v) is 18.7. The van der Waals surface area contributed by atoms with Gasteiger partial charge in [-0.2, -0.15) is 0 Å². The molecule has 0 spiro atoms. The van der Waals surface area contributed by atoms with E-state index in [2.05, 4.69) is 4.98 Å². The fraction of sp³-hybridized carbons (Fsp3) is 0.160. The lowest BCUT2D eigenvalue weighted by Gasteiger charge is -2.15. The monoisotopic (exact) mass is 456 g/mol. The number of pyridine rings is 1. The second-order valence-electron chi connectivity index (χ2n) is 7.75. The molecular formula is C25H20N4O3S. The summed E-state index contributed by atoms with van der Waals surface area (Å²) in [4.78, 5) is 48.8. The van der Waals surface area contributed by atoms with Crippen LogP contribution in [0.5, 0.6) is 0 Å². The predicted molar refractivity (Wildman–Crippen MR) is 127 cm³/mol. The molecule has 3 heterocycles. The van der Waals surface area contributed by atoms with Gasteiger partial charge in [0.15, 0.2) is 5.16 Å². The first kappa shape index (κ1) is 21.1. The largest absolute Gasteiger partial charge is 0.274 e. The Morgan fingerprint density at radius 1 is 0.909 bits per heavy atom. The number of carbonyl (C=O) groups excluding carboxylic acids is 2. The molecule has 0 N–H and O–H groups in total. The van der Waals surface area contributed by atoms with Crippen LogP contribution in [0.3, 0.4) is 0 Å². The summed E-state index contributed by atoms with van der Waals surface area (Å²) in [6, 6.07) is 17.8. The van der Waals surface area contributed by atoms with Gasteiger partial charge >= 0.3 is 0 Å². The van der Waals surface area contributed by atoms with E-state index < -0.39 is 0 Å². The molecule has 1 aliphatic heterocycles. The molecule has 7 nitrogen and oxygen atoms in total. The molecule has 0 fully saturated rings. The zero-order valence-electron chi connectivity index (χ0n) is 17.9. The number of nitrogens with zero attached hydrogens (tertiary/aromatic N) is 4. The fourth-order valence-electron chi connectivity index (χ4n) is 3.88. The Balaban J connectivity index is 1.38. The normalized spacial score (nSPS) is 13.1. The molecule has 2 aromatic carbocycles. The van der Waals surface area contributed by atoms with Gasteiger partial charge in [-0.1, -0.05) is 36.0 Å². The lowest BCUT2D eigenvalue weighted by atomic mass is 10.1. The van der Waals surface area contributed by atoms with E-state index in [0.29, 0.717) is 51.7 Å². The summed E-state index contributed by atoms with van der Waals surface area (Å²) in [5.74, 6) is 0.570. The summed E-state index contributed by atoms with van der Waals surface area (Å²) in [6.07, 6.45) is 2.24. The Morgan fingerprint density at radius 2 is 1.61 bits per heavy atom. The van der Waals surface area contributed by atoms with E-state index in [9.17, 15) is 14.4 Å². The molecular weight excluding hydrogens is 436 g/mol. The van der Waals surface area contributed by atoms with Crippen LogP contribution in [-0.2, 0) is 0 Å². The minimum atomic E-state index is -0.259. The van der Waals surface area contributed by atoms with Gasteiger partial charge < -0.3 is 0 Å². The number of aromatic nitrogens is 3. The number of thioether (sulfide) groups is 1. The number of fused-ring (bicyclic) bond motifs is 2. The zero-order chi connectivity index (χ0) is 22.9. The predicted octanol–water partition coefficient (Wildman–Crippen LogP) is 3.87. The Kier molecular flexibility index (Phi) is 5.51. The van der Waals surface area contributed by atoms with Gasteiger partial charge in [0.25, 0.3) is 17.4 Å². The quantitative estimate of drug-likeness (QED) is 0.190. The van der Waals surface area contributed by atoms with Gasteiger partial charge in [-0.25, -0.2) is 14.5 Å². The van der Waals surface area contributed by atoms with E-state index in [4.69, 9.17) is 4.98 Å². The first-order chi connectivity index (χ1) is 16.0. The number of carbonyl (C=O) groups is 2. The van der Waals surface area contributed by atoms with Crippen LogP contribution in [0, 0.1) is 6.92 Å². The van der Waals surface area contributed by atoms with Crippen LogP contribution >= 0.6 is 11.8 Å². The number of rotatable bonds is 6. The number of para-hydroxylation sites is 1. The van der Waals surface area contributed by atoms with E-state index in [-0.39, 0.29) is 17.4 Å². The van der Waals surface area contributed by atoms with E-state index in [1.165, 1.54) is 21.2 Å². The number of hydrogen-bond acceptors (Lipinski definition) is 6. The average molecular weight is 457 g/mol. The van der Waals surface area contributed by atoms with Crippen molar-refractivity contribution in [3.05, 3.63) is 93.9 Å². The molecule has 0 saturated heterocycles. The first-order valence-corrected chi connectivity index (χ1v) is 11.6. The molecule has 2 aromatic heterocycles. The molecule has 33 heavy (non-hydrogen) atoms. The molecule has 2 amide bonds. The number of benzene rings is 2. The van der Waals surface area contributed by atoms with Crippen LogP contribution in [0.25, 0.3) is 16.7 Å². The van der Waals surface area contributed by atoms with Gasteiger partial charge in [-0.05, 0) is 55.3 Å². The van der Waals surface area contributed by atoms with E-state index in [1.807, 2.05) is 37.3 Å². The third kappa shape index (κ3) is 3.82. The molecule has 1 aliphatic rings. The highest BCUT2D eigenvalue weighted by Crippen LogP contribution is 2.25. The highest BCUT2D eigenvalue weighted by molar-refractivity contribution is 7.99. The molecule has 5 rings (SSSR count). The fourth-order valence-corrected chi connectivity index (χ4v) is 4.81. The highest BCUT2D eigenvalue weighted by atomic mass is 32.2. The van der Waals surface area contributed by atoms with Crippen molar-refractivity contribution >= 4 is 34.5 Å². The van der Waals surface area contributed by atoms with Crippen LogP contribution in [0.15, 0.2) is 76.8 Å². The molecule has 0 atom stereocenters. The third-order valence-electron chi connectivity index (χ3n) is 5.51. The molecule has 0 bridgehead atoms. The lowest BCUT2D eigenvalue weighted by Crippen LogP contribution is -2.31. The smallest absolute Gasteiger partial charge is 0.267 e. The summed E-state index contributed by atoms with van der Waals surface area (Å²) in [7, 11) is 0. The molecule has 0 aliphatic carbocycles. The van der Waals surface area contributed by atoms with E-state index in [1.54, 1.807) is 36.5 Å². The van der Waals surface area contributed by atoms with Crippen LogP contribution < -0.4 is 5.56 Å². The number of aryl methyl sites for hydroxylation is 1. The third-order valence-corrected chi connectivity index (χ3v) is 6.54. The molecule has 8 heteroatoms. The van der Waals surface area contributed by atoms with Crippen LogP contribution in [-0.4, -0.2) is 43.5 Å². The Morgan fingerprint density at radius 3 is 2.33 bits per heavy atom. The molecule has 0 radical (unpaired) electrons. The second kappa shape index (κ2) is 8.63. The van der Waals surface area contributed by atoms with Crippen molar-refractivity contribution in [3.63, 3.8) is 0 Å². The minimum absolute atomic E-state index is 0.179. The maximum Gasteiger partial charge on any atom is 0.267 e. The summed E-state index contributed by atoms with van der Waals surface area (Å²) in [6.45, 7) is 2.25. The SMILES string of the molecule is Cc1ccnc(-n2c(SCCCN3C(=O)c4ccccc4C3=O)nc3ccccc3c2=O)c1. The Labute approximate surface area is 194 Å². The minimum Gasteiger partial charge on any atom is -0.274 e. The average Bonchev–Trinajstić information content (AvgIpc) is 3.07. The van der Waals surface area contributed by atoms with Gasteiger partial charge in [0.05, 0.1) is 22.0 Å². The van der Waals surface area contributed by atoms with Crippen molar-refractivity contribution in [1.29, 1.82) is 0 Å². The van der Waals surface area contributed by atoms with E-state index in [0.717, 1.165) is 5.56 Å². The first-order valence-electron chi connectivity index (χ1n) is 10.6. The Hall–Kier alpha value is -3.78. The summed E-state index contributed by atoms with van der Waals surface area (Å²) >= 11 is 1.41. The molecule has 0 saturated carbocycles. The van der Waals surface area contributed by atoms with Gasteiger partial charge in [0.1, 0.15) is 5.82 Å². The van der Waals surface area contributed by atoms with Crippen LogP contribution in [0.1, 0.15) is 32.7 Å². The number of hydrogen-bond donors (Lipinski definition) is 0. The number of imide groups is 1. The summed E-state index contributed by atoms with van der Waals surface area (Å²) in [5.41, 5.74) is 2.33. The van der Waals surface area contributed by atoms with Crippen molar-refractivity contribution in [3.8, 4) is 5.82 Å². The Bertz CT molecular complexity index is 1430. The van der Waals surface area contributed by atoms with Gasteiger partial charge in [-0.3, -0.25) is 19.3 Å². The van der Waals surface area contributed by atoms with E-state index >= 15 is 0 Å². The van der Waals surface area contributed by atoms with Crippen LogP contribution in [0.2, 0.25) is 0 Å². The van der Waals surface area contributed by atoms with Crippen molar-refractivity contribution in [1.82, 2.24) is 19.4 Å². The topological polar surface area (TPSA) is 85.2 Å².